The first-order valence-electron chi connectivity index (χ1n) is 10.6. The molecular formula is C22H24ClN5O3S2. The molecule has 1 aromatic carbocycles. The summed E-state index contributed by atoms with van der Waals surface area (Å²) in [4.78, 5) is 29.5. The molecule has 3 heterocycles. The molecule has 0 radical (unpaired) electrons. The van der Waals surface area contributed by atoms with Crippen LogP contribution in [-0.4, -0.2) is 39.9 Å². The third-order valence-corrected chi connectivity index (χ3v) is 8.43. The molecule has 174 valence electrons. The first-order valence-corrected chi connectivity index (χ1v) is 13.4. The average Bonchev–Trinajstić information content (AvgIpc) is 3.31. The number of halogens is 1. The zero-order valence-corrected chi connectivity index (χ0v) is 20.7. The van der Waals surface area contributed by atoms with Gasteiger partial charge in [0.2, 0.25) is 5.91 Å². The van der Waals surface area contributed by atoms with Gasteiger partial charge in [-0.05, 0) is 24.1 Å². The predicted molar refractivity (Wildman–Crippen MR) is 128 cm³/mol. The summed E-state index contributed by atoms with van der Waals surface area (Å²) >= 11 is 7.35. The summed E-state index contributed by atoms with van der Waals surface area (Å²) < 4.78 is 23.9. The first-order chi connectivity index (χ1) is 15.8. The molecule has 0 spiro atoms. The third-order valence-electron chi connectivity index (χ3n) is 5.51. The van der Waals surface area contributed by atoms with Crippen LogP contribution in [0.3, 0.4) is 0 Å². The number of carbonyl (C=O) groups excluding carboxylic acids is 1. The summed E-state index contributed by atoms with van der Waals surface area (Å²) in [5, 5.41) is 3.97. The van der Waals surface area contributed by atoms with Gasteiger partial charge in [-0.25, -0.2) is 23.4 Å². The number of fused-ring (bicyclic) bond motifs is 1. The summed E-state index contributed by atoms with van der Waals surface area (Å²) in [5.74, 6) is 0.567. The second-order valence-electron chi connectivity index (χ2n) is 7.75. The normalized spacial score (nSPS) is 16.0. The summed E-state index contributed by atoms with van der Waals surface area (Å²) in [7, 11) is -3.25. The highest BCUT2D eigenvalue weighted by Crippen LogP contribution is 2.40. The lowest BCUT2D eigenvalue weighted by atomic mass is 10.1. The van der Waals surface area contributed by atoms with Gasteiger partial charge < -0.3 is 5.32 Å². The van der Waals surface area contributed by atoms with Crippen LogP contribution >= 0.6 is 22.9 Å². The van der Waals surface area contributed by atoms with Crippen molar-refractivity contribution in [1.82, 2.24) is 19.9 Å². The lowest BCUT2D eigenvalue weighted by Crippen LogP contribution is -2.23. The second-order valence-corrected chi connectivity index (χ2v) is 11.5. The predicted octanol–water partition coefficient (Wildman–Crippen LogP) is 4.03. The van der Waals surface area contributed by atoms with Crippen LogP contribution in [0.25, 0.3) is 0 Å². The highest BCUT2D eigenvalue weighted by atomic mass is 35.5. The van der Waals surface area contributed by atoms with E-state index < -0.39 is 9.84 Å². The molecule has 1 atom stereocenters. The molecular weight excluding hydrogens is 482 g/mol. The standard InChI is InChI=1S/C22H24ClN5O3S2/c1-3-17-21-18(12-28(17)13-19-24-10-15(23)11-25-19)32-22(27-21)26-20(29)9-14-5-7-16(8-6-14)33(30,31)4-2/h5-8,10-11,17H,3-4,9,12-13H2,1-2H3,(H,26,27,29)/t17-/m0/s1. The number of sulfone groups is 1. The number of hydrogen-bond donors (Lipinski definition) is 1. The minimum Gasteiger partial charge on any atom is -0.302 e. The fourth-order valence-corrected chi connectivity index (χ4v) is 5.85. The van der Waals surface area contributed by atoms with E-state index in [1.165, 1.54) is 11.3 Å². The Morgan fingerprint density at radius 3 is 2.55 bits per heavy atom. The smallest absolute Gasteiger partial charge is 0.230 e. The number of rotatable bonds is 8. The molecule has 0 saturated carbocycles. The van der Waals surface area contributed by atoms with Crippen LogP contribution in [-0.2, 0) is 34.1 Å². The molecule has 1 aliphatic rings. The quantitative estimate of drug-likeness (QED) is 0.492. The molecule has 4 rings (SSSR count). The fraction of sp³-hybridized carbons (Fsp3) is 0.364. The Kier molecular flexibility index (Phi) is 7.08. The lowest BCUT2D eigenvalue weighted by Gasteiger charge is -2.22. The van der Waals surface area contributed by atoms with Crippen molar-refractivity contribution < 1.29 is 13.2 Å². The molecule has 1 N–H and O–H groups in total. The summed E-state index contributed by atoms with van der Waals surface area (Å²) in [6.45, 7) is 5.04. The Bertz CT molecular complexity index is 1240. The number of nitrogens with zero attached hydrogens (tertiary/aromatic N) is 4. The molecule has 11 heteroatoms. The van der Waals surface area contributed by atoms with Gasteiger partial charge in [-0.15, -0.1) is 11.3 Å². The molecule has 2 aromatic heterocycles. The monoisotopic (exact) mass is 505 g/mol. The van der Waals surface area contributed by atoms with Gasteiger partial charge in [0, 0.05) is 23.8 Å². The zero-order valence-electron chi connectivity index (χ0n) is 18.3. The van der Waals surface area contributed by atoms with Crippen molar-refractivity contribution in [2.24, 2.45) is 0 Å². The molecule has 0 unspecified atom stereocenters. The van der Waals surface area contributed by atoms with E-state index in [9.17, 15) is 13.2 Å². The molecule has 0 bridgehead atoms. The van der Waals surface area contributed by atoms with Crippen LogP contribution in [0.15, 0.2) is 41.6 Å². The highest BCUT2D eigenvalue weighted by molar-refractivity contribution is 7.91. The van der Waals surface area contributed by atoms with Gasteiger partial charge in [-0.2, -0.15) is 0 Å². The van der Waals surface area contributed by atoms with E-state index in [4.69, 9.17) is 16.6 Å². The Morgan fingerprint density at radius 2 is 1.91 bits per heavy atom. The van der Waals surface area contributed by atoms with Crippen molar-refractivity contribution in [3.8, 4) is 0 Å². The summed E-state index contributed by atoms with van der Waals surface area (Å²) in [6, 6.07) is 6.57. The van der Waals surface area contributed by atoms with E-state index in [0.717, 1.165) is 29.1 Å². The van der Waals surface area contributed by atoms with E-state index in [0.29, 0.717) is 22.5 Å². The van der Waals surface area contributed by atoms with Crippen molar-refractivity contribution >= 4 is 43.8 Å². The van der Waals surface area contributed by atoms with Crippen LogP contribution in [0.5, 0.6) is 0 Å². The SMILES string of the molecule is CC[C@H]1c2nc(NC(=O)Cc3ccc(S(=O)(=O)CC)cc3)sc2CN1Cc1ncc(Cl)cn1. The van der Waals surface area contributed by atoms with Crippen LogP contribution in [0.1, 0.15) is 48.3 Å². The Labute approximate surface area is 202 Å². The Morgan fingerprint density at radius 1 is 1.21 bits per heavy atom. The maximum absolute atomic E-state index is 12.5. The maximum Gasteiger partial charge on any atom is 0.230 e. The lowest BCUT2D eigenvalue weighted by molar-refractivity contribution is -0.115. The molecule has 33 heavy (non-hydrogen) atoms. The van der Waals surface area contributed by atoms with Gasteiger partial charge in [0.1, 0.15) is 5.82 Å². The van der Waals surface area contributed by atoms with E-state index in [1.54, 1.807) is 43.6 Å². The van der Waals surface area contributed by atoms with E-state index in [1.807, 2.05) is 0 Å². The highest BCUT2D eigenvalue weighted by Gasteiger charge is 2.33. The van der Waals surface area contributed by atoms with Gasteiger partial charge in [-0.1, -0.05) is 37.6 Å². The van der Waals surface area contributed by atoms with Crippen molar-refractivity contribution in [3.63, 3.8) is 0 Å². The van der Waals surface area contributed by atoms with Crippen LogP contribution in [0, 0.1) is 0 Å². The minimum atomic E-state index is -3.25. The van der Waals surface area contributed by atoms with Crippen LogP contribution in [0.2, 0.25) is 5.02 Å². The van der Waals surface area contributed by atoms with Crippen molar-refractivity contribution in [3.05, 3.63) is 63.6 Å². The maximum atomic E-state index is 12.5. The van der Waals surface area contributed by atoms with E-state index in [2.05, 4.69) is 27.1 Å². The van der Waals surface area contributed by atoms with E-state index in [-0.39, 0.29) is 29.0 Å². The number of thiazole rings is 1. The van der Waals surface area contributed by atoms with Gasteiger partial charge in [0.25, 0.3) is 0 Å². The van der Waals surface area contributed by atoms with Crippen LogP contribution in [0.4, 0.5) is 5.13 Å². The number of carbonyl (C=O) groups is 1. The van der Waals surface area contributed by atoms with Gasteiger partial charge in [-0.3, -0.25) is 9.69 Å². The number of aromatic nitrogens is 3. The fourth-order valence-electron chi connectivity index (χ4n) is 3.81. The number of anilines is 1. The number of nitrogens with one attached hydrogen (secondary N) is 1. The Balaban J connectivity index is 1.38. The molecule has 0 fully saturated rings. The number of benzene rings is 1. The van der Waals surface area contributed by atoms with Crippen molar-refractivity contribution in [1.29, 1.82) is 0 Å². The second kappa shape index (κ2) is 9.84. The van der Waals surface area contributed by atoms with Crippen LogP contribution < -0.4 is 5.32 Å². The molecule has 1 aliphatic heterocycles. The van der Waals surface area contributed by atoms with Gasteiger partial charge in [0.15, 0.2) is 15.0 Å². The number of hydrogen-bond acceptors (Lipinski definition) is 8. The van der Waals surface area contributed by atoms with Crippen molar-refractivity contribution in [2.45, 2.75) is 50.7 Å². The van der Waals surface area contributed by atoms with Gasteiger partial charge in [0.05, 0.1) is 40.4 Å². The minimum absolute atomic E-state index is 0.0461. The van der Waals surface area contributed by atoms with E-state index >= 15 is 0 Å². The largest absolute Gasteiger partial charge is 0.302 e. The molecule has 3 aromatic rings. The summed E-state index contributed by atoms with van der Waals surface area (Å²) in [5.41, 5.74) is 1.73. The molecule has 0 saturated heterocycles. The first kappa shape index (κ1) is 23.7. The third kappa shape index (κ3) is 5.40. The topological polar surface area (TPSA) is 105 Å². The zero-order chi connectivity index (χ0) is 23.6. The Hall–Kier alpha value is -2.40. The van der Waals surface area contributed by atoms with Crippen molar-refractivity contribution in [2.75, 3.05) is 11.1 Å². The molecule has 0 aliphatic carbocycles. The molecule has 1 amide bonds. The summed E-state index contributed by atoms with van der Waals surface area (Å²) in [6.07, 6.45) is 4.22. The molecule has 8 nitrogen and oxygen atoms in total. The number of amides is 1. The van der Waals surface area contributed by atoms with Gasteiger partial charge >= 0.3 is 0 Å². The average molecular weight is 506 g/mol.